The van der Waals surface area contributed by atoms with Crippen molar-refractivity contribution in [3.8, 4) is 0 Å². The molecule has 0 saturated carbocycles. The molecule has 0 saturated heterocycles. The van der Waals surface area contributed by atoms with Gasteiger partial charge in [-0.05, 0) is 13.8 Å². The van der Waals surface area contributed by atoms with E-state index in [4.69, 9.17) is 10.2 Å². The Morgan fingerprint density at radius 1 is 1.42 bits per heavy atom. The highest BCUT2D eigenvalue weighted by molar-refractivity contribution is 4.70. The smallest absolute Gasteiger partial charge is 0.265 e. The van der Waals surface area contributed by atoms with E-state index in [0.717, 1.165) is 0 Å². The van der Waals surface area contributed by atoms with Gasteiger partial charge >= 0.3 is 0 Å². The Morgan fingerprint density at radius 3 is 2.25 bits per heavy atom. The molecule has 1 unspecified atom stereocenters. The molecule has 0 aliphatic carbocycles. The van der Waals surface area contributed by atoms with Crippen molar-refractivity contribution < 1.29 is 19.0 Å². The summed E-state index contributed by atoms with van der Waals surface area (Å²) in [6.45, 7) is 3.07. The number of hydrogen-bond donors (Lipinski definition) is 3. The maximum absolute atomic E-state index is 11.7. The van der Waals surface area contributed by atoms with E-state index in [2.05, 4.69) is 5.32 Å². The van der Waals surface area contributed by atoms with Gasteiger partial charge in [0.25, 0.3) is 6.43 Å². The van der Waals surface area contributed by atoms with Gasteiger partial charge in [0, 0.05) is 13.1 Å². The van der Waals surface area contributed by atoms with Crippen molar-refractivity contribution in [1.82, 2.24) is 5.32 Å². The Kier molecular flexibility index (Phi) is 4.59. The minimum absolute atomic E-state index is 0.177. The predicted octanol–water partition coefficient (Wildman–Crippen LogP) is -0.0271. The van der Waals surface area contributed by atoms with Gasteiger partial charge in [-0.2, -0.15) is 0 Å². The topological polar surface area (TPSA) is 52.5 Å². The SMILES string of the molecule is CC(C)(O)CNCC(O)C(F)F. The van der Waals surface area contributed by atoms with Crippen LogP contribution < -0.4 is 5.32 Å². The van der Waals surface area contributed by atoms with Crippen LogP contribution in [0.5, 0.6) is 0 Å². The fraction of sp³-hybridized carbons (Fsp3) is 1.00. The molecule has 0 radical (unpaired) electrons. The van der Waals surface area contributed by atoms with Crippen molar-refractivity contribution in [2.24, 2.45) is 0 Å². The molecule has 0 aromatic heterocycles. The second-order valence-electron chi connectivity index (χ2n) is 3.35. The molecule has 0 aliphatic rings. The van der Waals surface area contributed by atoms with Crippen molar-refractivity contribution >= 4 is 0 Å². The molecule has 0 bridgehead atoms. The molecule has 0 aromatic rings. The number of alkyl halides is 2. The van der Waals surface area contributed by atoms with E-state index in [9.17, 15) is 8.78 Å². The van der Waals surface area contributed by atoms with Gasteiger partial charge in [-0.25, -0.2) is 8.78 Å². The number of hydrogen-bond acceptors (Lipinski definition) is 3. The molecular formula is C7H15F2NO2. The zero-order valence-corrected chi connectivity index (χ0v) is 7.22. The molecule has 0 heterocycles. The molecule has 74 valence electrons. The van der Waals surface area contributed by atoms with Gasteiger partial charge in [-0.1, -0.05) is 0 Å². The third kappa shape index (κ3) is 6.45. The van der Waals surface area contributed by atoms with Gasteiger partial charge in [0.2, 0.25) is 0 Å². The van der Waals surface area contributed by atoms with E-state index in [1.165, 1.54) is 0 Å². The Balaban J connectivity index is 3.44. The first kappa shape index (κ1) is 11.7. The highest BCUT2D eigenvalue weighted by atomic mass is 19.3. The number of nitrogens with one attached hydrogen (secondary N) is 1. The summed E-state index contributed by atoms with van der Waals surface area (Å²) in [4.78, 5) is 0. The maximum atomic E-state index is 11.7. The first-order valence-electron chi connectivity index (χ1n) is 3.72. The molecule has 12 heavy (non-hydrogen) atoms. The number of halogens is 2. The normalized spacial score (nSPS) is 15.2. The summed E-state index contributed by atoms with van der Waals surface area (Å²) in [5.74, 6) is 0. The van der Waals surface area contributed by atoms with Gasteiger partial charge in [-0.3, -0.25) is 0 Å². The van der Waals surface area contributed by atoms with Crippen LogP contribution in [0.15, 0.2) is 0 Å². The molecule has 5 heteroatoms. The number of aliphatic hydroxyl groups excluding tert-OH is 1. The van der Waals surface area contributed by atoms with Gasteiger partial charge in [0.05, 0.1) is 5.60 Å². The van der Waals surface area contributed by atoms with Crippen LogP contribution in [0.3, 0.4) is 0 Å². The Hall–Kier alpha value is -0.260. The summed E-state index contributed by atoms with van der Waals surface area (Å²) in [6, 6.07) is 0. The van der Waals surface area contributed by atoms with Crippen molar-refractivity contribution in [1.29, 1.82) is 0 Å². The van der Waals surface area contributed by atoms with Crippen molar-refractivity contribution in [3.63, 3.8) is 0 Å². The van der Waals surface area contributed by atoms with E-state index in [-0.39, 0.29) is 13.1 Å². The molecule has 1 atom stereocenters. The second kappa shape index (κ2) is 4.69. The quantitative estimate of drug-likeness (QED) is 0.561. The van der Waals surface area contributed by atoms with Gasteiger partial charge in [0.1, 0.15) is 6.10 Å². The Morgan fingerprint density at radius 2 is 1.92 bits per heavy atom. The highest BCUT2D eigenvalue weighted by Crippen LogP contribution is 2.00. The summed E-state index contributed by atoms with van der Waals surface area (Å²) in [6.07, 6.45) is -4.40. The summed E-state index contributed by atoms with van der Waals surface area (Å²) < 4.78 is 23.4. The average Bonchev–Trinajstić information content (AvgIpc) is 1.84. The van der Waals surface area contributed by atoms with Crippen molar-refractivity contribution in [2.45, 2.75) is 32.0 Å². The van der Waals surface area contributed by atoms with Crippen LogP contribution >= 0.6 is 0 Å². The van der Waals surface area contributed by atoms with Crippen molar-refractivity contribution in [2.75, 3.05) is 13.1 Å². The minimum Gasteiger partial charge on any atom is -0.389 e. The van der Waals surface area contributed by atoms with Crippen LogP contribution in [0.2, 0.25) is 0 Å². The lowest BCUT2D eigenvalue weighted by Crippen LogP contribution is -2.40. The fourth-order valence-corrected chi connectivity index (χ4v) is 0.615. The molecule has 3 N–H and O–H groups in total. The molecule has 0 aliphatic heterocycles. The van der Waals surface area contributed by atoms with Gasteiger partial charge in [0.15, 0.2) is 0 Å². The molecule has 0 rings (SSSR count). The summed E-state index contributed by atoms with van der Waals surface area (Å²) in [5.41, 5.74) is -0.943. The van der Waals surface area contributed by atoms with Crippen LogP contribution in [0.1, 0.15) is 13.8 Å². The van der Waals surface area contributed by atoms with Gasteiger partial charge < -0.3 is 15.5 Å². The van der Waals surface area contributed by atoms with E-state index in [0.29, 0.717) is 0 Å². The number of rotatable bonds is 5. The molecule has 0 amide bonds. The van der Waals surface area contributed by atoms with Crippen LogP contribution in [0.25, 0.3) is 0 Å². The Labute approximate surface area is 70.4 Å². The molecular weight excluding hydrogens is 168 g/mol. The Bertz CT molecular complexity index is 125. The van der Waals surface area contributed by atoms with Crippen LogP contribution in [-0.2, 0) is 0 Å². The minimum atomic E-state index is -2.74. The first-order valence-corrected chi connectivity index (χ1v) is 3.72. The molecule has 0 fully saturated rings. The summed E-state index contributed by atoms with van der Waals surface area (Å²) in [7, 11) is 0. The average molecular weight is 183 g/mol. The largest absolute Gasteiger partial charge is 0.389 e. The monoisotopic (exact) mass is 183 g/mol. The zero-order chi connectivity index (χ0) is 9.78. The van der Waals surface area contributed by atoms with E-state index in [1.807, 2.05) is 0 Å². The molecule has 3 nitrogen and oxygen atoms in total. The van der Waals surface area contributed by atoms with Crippen LogP contribution in [-0.4, -0.2) is 41.4 Å². The number of aliphatic hydroxyl groups is 2. The second-order valence-corrected chi connectivity index (χ2v) is 3.35. The standard InChI is InChI=1S/C7H15F2NO2/c1-7(2,12)4-10-3-5(11)6(8)9/h5-6,10-12H,3-4H2,1-2H3. The molecule has 0 aromatic carbocycles. The summed E-state index contributed by atoms with van der Waals surface area (Å²) >= 11 is 0. The molecule has 0 spiro atoms. The third-order valence-corrected chi connectivity index (χ3v) is 1.20. The lowest BCUT2D eigenvalue weighted by molar-refractivity contribution is -0.00721. The summed E-state index contributed by atoms with van der Waals surface area (Å²) in [5, 5.41) is 20.3. The van der Waals surface area contributed by atoms with Crippen LogP contribution in [0, 0.1) is 0 Å². The van der Waals surface area contributed by atoms with Crippen molar-refractivity contribution in [3.05, 3.63) is 0 Å². The first-order chi connectivity index (χ1) is 5.33. The van der Waals surface area contributed by atoms with E-state index >= 15 is 0 Å². The lowest BCUT2D eigenvalue weighted by Gasteiger charge is -2.19. The predicted molar refractivity (Wildman–Crippen MR) is 41.2 cm³/mol. The zero-order valence-electron chi connectivity index (χ0n) is 7.22. The van der Waals surface area contributed by atoms with Gasteiger partial charge in [-0.15, -0.1) is 0 Å². The fourth-order valence-electron chi connectivity index (χ4n) is 0.615. The lowest BCUT2D eigenvalue weighted by atomic mass is 10.1. The maximum Gasteiger partial charge on any atom is 0.265 e. The van der Waals surface area contributed by atoms with Crippen LogP contribution in [0.4, 0.5) is 8.78 Å². The van der Waals surface area contributed by atoms with E-state index in [1.54, 1.807) is 13.8 Å². The highest BCUT2D eigenvalue weighted by Gasteiger charge is 2.18. The van der Waals surface area contributed by atoms with E-state index < -0.39 is 18.1 Å². The third-order valence-electron chi connectivity index (χ3n) is 1.20.